The van der Waals surface area contributed by atoms with Gasteiger partial charge in [-0.25, -0.2) is 9.59 Å². The van der Waals surface area contributed by atoms with E-state index >= 15 is 0 Å². The van der Waals surface area contributed by atoms with Gasteiger partial charge in [0.05, 0.1) is 17.9 Å². The van der Waals surface area contributed by atoms with Gasteiger partial charge in [-0.2, -0.15) is 0 Å². The monoisotopic (exact) mass is 525 g/mol. The van der Waals surface area contributed by atoms with Gasteiger partial charge in [0, 0.05) is 12.3 Å². The van der Waals surface area contributed by atoms with E-state index in [0.717, 1.165) is 12.8 Å². The zero-order valence-corrected chi connectivity index (χ0v) is 23.5. The molecule has 0 amide bonds. The maximum Gasteiger partial charge on any atom is 0.348 e. The number of aromatic hydroxyl groups is 1. The average molecular weight is 526 g/mol. The molecule has 0 bridgehead atoms. The Balaban J connectivity index is 1.49. The van der Waals surface area contributed by atoms with Crippen molar-refractivity contribution in [2.45, 2.75) is 117 Å². The van der Waals surface area contributed by atoms with Gasteiger partial charge in [0.1, 0.15) is 17.1 Å². The van der Waals surface area contributed by atoms with Crippen LogP contribution >= 0.6 is 0 Å². The number of nitrogens with zero attached hydrogens (tertiary/aromatic N) is 1. The minimum Gasteiger partial charge on any atom is -0.507 e. The Labute approximate surface area is 228 Å². The van der Waals surface area contributed by atoms with E-state index in [1.807, 2.05) is 0 Å². The summed E-state index contributed by atoms with van der Waals surface area (Å²) in [6, 6.07) is 7.96. The molecule has 0 atom stereocenters. The van der Waals surface area contributed by atoms with Gasteiger partial charge < -0.3 is 14.3 Å². The van der Waals surface area contributed by atoms with Gasteiger partial charge >= 0.3 is 11.6 Å². The second-order valence-corrected chi connectivity index (χ2v) is 10.2. The number of carbonyl (C=O) groups is 1. The van der Waals surface area contributed by atoms with Crippen LogP contribution in [0.15, 0.2) is 44.5 Å². The highest BCUT2D eigenvalue weighted by atomic mass is 16.5. The van der Waals surface area contributed by atoms with Crippen molar-refractivity contribution in [3.8, 4) is 5.75 Å². The smallest absolute Gasteiger partial charge is 0.348 e. The Morgan fingerprint density at radius 2 is 1.34 bits per heavy atom. The molecule has 0 aliphatic rings. The fourth-order valence-corrected chi connectivity index (χ4v) is 4.45. The van der Waals surface area contributed by atoms with Crippen LogP contribution in [0, 0.1) is 6.92 Å². The Hall–Kier alpha value is -2.89. The summed E-state index contributed by atoms with van der Waals surface area (Å²) in [6.07, 6.45) is 22.2. The molecule has 6 heteroatoms. The van der Waals surface area contributed by atoms with E-state index in [9.17, 15) is 14.7 Å². The molecular weight excluding hydrogens is 478 g/mol. The minimum atomic E-state index is -0.652. The summed E-state index contributed by atoms with van der Waals surface area (Å²) in [5, 5.41) is 9.90. The fourth-order valence-electron chi connectivity index (χ4n) is 4.45. The first kappa shape index (κ1) is 31.3. The van der Waals surface area contributed by atoms with Crippen molar-refractivity contribution in [1.82, 2.24) is 0 Å². The predicted molar refractivity (Wildman–Crippen MR) is 155 cm³/mol. The van der Waals surface area contributed by atoms with Gasteiger partial charge in [-0.3, -0.25) is 4.99 Å². The van der Waals surface area contributed by atoms with E-state index in [0.29, 0.717) is 23.6 Å². The van der Waals surface area contributed by atoms with Crippen LogP contribution in [0.2, 0.25) is 0 Å². The number of hydrogen-bond donors (Lipinski definition) is 1. The quantitative estimate of drug-likeness (QED) is 0.106. The lowest BCUT2D eigenvalue weighted by Crippen LogP contribution is -2.07. The van der Waals surface area contributed by atoms with Crippen LogP contribution in [-0.2, 0) is 4.74 Å². The summed E-state index contributed by atoms with van der Waals surface area (Å²) in [6.45, 7) is 4.28. The molecule has 1 aromatic heterocycles. The van der Waals surface area contributed by atoms with Crippen LogP contribution in [0.4, 0.5) is 5.69 Å². The molecule has 2 aromatic rings. The van der Waals surface area contributed by atoms with Gasteiger partial charge in [0.15, 0.2) is 0 Å². The Bertz CT molecular complexity index is 1010. The van der Waals surface area contributed by atoms with Crippen molar-refractivity contribution in [2.24, 2.45) is 4.99 Å². The van der Waals surface area contributed by atoms with Crippen molar-refractivity contribution in [3.63, 3.8) is 0 Å². The summed E-state index contributed by atoms with van der Waals surface area (Å²) >= 11 is 0. The second-order valence-electron chi connectivity index (χ2n) is 10.2. The molecule has 210 valence electrons. The molecule has 6 nitrogen and oxygen atoms in total. The molecule has 0 saturated carbocycles. The van der Waals surface area contributed by atoms with Crippen LogP contribution in [0.5, 0.6) is 5.75 Å². The topological polar surface area (TPSA) is 89.1 Å². The Kier molecular flexibility index (Phi) is 15.8. The fraction of sp³-hybridized carbons (Fsp3) is 0.594. The summed E-state index contributed by atoms with van der Waals surface area (Å²) in [5.74, 6) is -0.206. The summed E-state index contributed by atoms with van der Waals surface area (Å²) < 4.78 is 10.4. The lowest BCUT2D eigenvalue weighted by atomic mass is 10.0. The molecule has 2 rings (SSSR count). The van der Waals surface area contributed by atoms with Crippen LogP contribution in [-0.4, -0.2) is 23.9 Å². The number of esters is 1. The number of aliphatic imine (C=N–C) groups is 1. The molecule has 1 aromatic carbocycles. The van der Waals surface area contributed by atoms with Crippen molar-refractivity contribution in [3.05, 3.63) is 57.6 Å². The third kappa shape index (κ3) is 13.1. The van der Waals surface area contributed by atoms with Crippen LogP contribution < -0.4 is 5.63 Å². The van der Waals surface area contributed by atoms with E-state index in [1.165, 1.54) is 102 Å². The van der Waals surface area contributed by atoms with E-state index < -0.39 is 5.63 Å². The molecule has 0 saturated heterocycles. The molecule has 0 aliphatic carbocycles. The highest BCUT2D eigenvalue weighted by Gasteiger charge is 2.08. The number of rotatable bonds is 20. The molecule has 0 aliphatic heterocycles. The summed E-state index contributed by atoms with van der Waals surface area (Å²) in [5.41, 5.74) is 0.329. The number of ether oxygens (including phenoxy) is 1. The van der Waals surface area contributed by atoms with Crippen molar-refractivity contribution >= 4 is 17.9 Å². The van der Waals surface area contributed by atoms with Gasteiger partial charge in [-0.05, 0) is 37.6 Å². The normalized spacial score (nSPS) is 11.3. The van der Waals surface area contributed by atoms with Crippen molar-refractivity contribution < 1.29 is 19.1 Å². The molecule has 0 spiro atoms. The molecular formula is C32H47NO5. The summed E-state index contributed by atoms with van der Waals surface area (Å²) in [4.78, 5) is 28.3. The largest absolute Gasteiger partial charge is 0.507 e. The highest BCUT2D eigenvalue weighted by molar-refractivity contribution is 5.90. The highest BCUT2D eigenvalue weighted by Crippen LogP contribution is 2.17. The minimum absolute atomic E-state index is 0.0158. The van der Waals surface area contributed by atoms with E-state index in [4.69, 9.17) is 9.15 Å². The lowest BCUT2D eigenvalue weighted by molar-refractivity contribution is 0.0497. The molecule has 38 heavy (non-hydrogen) atoms. The predicted octanol–water partition coefficient (Wildman–Crippen LogP) is 8.82. The maximum absolute atomic E-state index is 12.3. The number of benzene rings is 1. The third-order valence-electron chi connectivity index (χ3n) is 6.77. The van der Waals surface area contributed by atoms with Gasteiger partial charge in [-0.15, -0.1) is 0 Å². The second kappa shape index (κ2) is 19.2. The zero-order chi connectivity index (χ0) is 27.4. The third-order valence-corrected chi connectivity index (χ3v) is 6.77. The first-order valence-electron chi connectivity index (χ1n) is 14.7. The first-order chi connectivity index (χ1) is 18.5. The van der Waals surface area contributed by atoms with Crippen LogP contribution in [0.3, 0.4) is 0 Å². The van der Waals surface area contributed by atoms with Gasteiger partial charge in [0.2, 0.25) is 0 Å². The Morgan fingerprint density at radius 1 is 0.842 bits per heavy atom. The average Bonchev–Trinajstić information content (AvgIpc) is 2.90. The molecule has 1 N–H and O–H groups in total. The van der Waals surface area contributed by atoms with E-state index in [2.05, 4.69) is 11.9 Å². The Morgan fingerprint density at radius 3 is 1.84 bits per heavy atom. The van der Waals surface area contributed by atoms with Crippen molar-refractivity contribution in [2.75, 3.05) is 6.61 Å². The molecule has 0 radical (unpaired) electrons. The van der Waals surface area contributed by atoms with Crippen molar-refractivity contribution in [1.29, 1.82) is 0 Å². The number of aryl methyl sites for hydroxylation is 1. The standard InChI is InChI=1S/C32H47NO5/c1-3-4-5-6-7-8-9-10-11-12-13-14-15-16-17-18-23-37-31(35)27-19-21-28(22-20-27)33-25-29-30(34)24-26(2)38-32(29)36/h19-22,24-25,34H,3-18,23H2,1-2H3. The van der Waals surface area contributed by atoms with Crippen LogP contribution in [0.1, 0.15) is 131 Å². The number of unbranched alkanes of at least 4 members (excludes halogenated alkanes) is 15. The van der Waals surface area contributed by atoms with E-state index in [-0.39, 0.29) is 17.3 Å². The molecule has 0 unspecified atom stereocenters. The molecule has 0 fully saturated rings. The van der Waals surface area contributed by atoms with Gasteiger partial charge in [-0.1, -0.05) is 103 Å². The zero-order valence-electron chi connectivity index (χ0n) is 23.5. The SMILES string of the molecule is CCCCCCCCCCCCCCCCCCOC(=O)c1ccc(N=Cc2c(O)cc(C)oc2=O)cc1. The molecule has 1 heterocycles. The lowest BCUT2D eigenvalue weighted by Gasteiger charge is -2.06. The number of hydrogen-bond acceptors (Lipinski definition) is 6. The summed E-state index contributed by atoms with van der Waals surface area (Å²) in [7, 11) is 0. The van der Waals surface area contributed by atoms with E-state index in [1.54, 1.807) is 31.2 Å². The van der Waals surface area contributed by atoms with Crippen LogP contribution in [0.25, 0.3) is 0 Å². The number of carbonyl (C=O) groups excluding carboxylic acids is 1. The first-order valence-corrected chi connectivity index (χ1v) is 14.7. The maximum atomic E-state index is 12.3. The van der Waals surface area contributed by atoms with Gasteiger partial charge in [0.25, 0.3) is 0 Å².